The quantitative estimate of drug-likeness (QED) is 0.225. The van der Waals surface area contributed by atoms with Gasteiger partial charge in [0.25, 0.3) is 0 Å². The van der Waals surface area contributed by atoms with E-state index in [1.807, 2.05) is 60.7 Å². The molecule has 0 radical (unpaired) electrons. The first-order chi connectivity index (χ1) is 17.0. The van der Waals surface area contributed by atoms with E-state index in [2.05, 4.69) is 75.0 Å². The molecule has 0 saturated heterocycles. The maximum atomic E-state index is 6.18. The van der Waals surface area contributed by atoms with E-state index in [0.29, 0.717) is 10.9 Å². The van der Waals surface area contributed by atoms with Gasteiger partial charge in [-0.15, -0.1) is 0 Å². The lowest BCUT2D eigenvalue weighted by atomic mass is 9.89. The van der Waals surface area contributed by atoms with Gasteiger partial charge in [0, 0.05) is 10.6 Å². The molecule has 0 bridgehead atoms. The van der Waals surface area contributed by atoms with Gasteiger partial charge in [0.05, 0.1) is 11.4 Å². The summed E-state index contributed by atoms with van der Waals surface area (Å²) >= 11 is 6.18. The highest BCUT2D eigenvalue weighted by molar-refractivity contribution is 6.30. The predicted octanol–water partition coefficient (Wildman–Crippen LogP) is 9.60. The van der Waals surface area contributed by atoms with Gasteiger partial charge in [0.1, 0.15) is 0 Å². The Labute approximate surface area is 214 Å². The molecule has 0 amide bonds. The highest BCUT2D eigenvalue weighted by atomic mass is 35.5. The molecule has 0 heterocycles. The fourth-order valence-corrected chi connectivity index (χ4v) is 4.13. The average Bonchev–Trinajstić information content (AvgIpc) is 2.92. The number of nitrogens with zero attached hydrogens (tertiary/aromatic N) is 1. The molecule has 0 aliphatic carbocycles. The van der Waals surface area contributed by atoms with Crippen LogP contribution in [0.25, 0.3) is 22.4 Å². The van der Waals surface area contributed by atoms with Crippen molar-refractivity contribution in [3.05, 3.63) is 144 Å². The Hall–Kier alpha value is -3.68. The molecule has 1 atom stereocenters. The van der Waals surface area contributed by atoms with Gasteiger partial charge < -0.3 is 0 Å². The summed E-state index contributed by atoms with van der Waals surface area (Å²) in [4.78, 5) is 5.00. The van der Waals surface area contributed by atoms with E-state index in [9.17, 15) is 0 Å². The van der Waals surface area contributed by atoms with Crippen molar-refractivity contribution < 1.29 is 0 Å². The van der Waals surface area contributed by atoms with Gasteiger partial charge in [0.15, 0.2) is 0 Å². The van der Waals surface area contributed by atoms with E-state index in [0.717, 1.165) is 29.0 Å². The van der Waals surface area contributed by atoms with E-state index >= 15 is 0 Å². The molecule has 4 aromatic carbocycles. The van der Waals surface area contributed by atoms with Crippen LogP contribution in [0.3, 0.4) is 0 Å². The monoisotopic (exact) mass is 475 g/mol. The summed E-state index contributed by atoms with van der Waals surface area (Å²) in [5.41, 5.74) is 8.50. The fourth-order valence-electron chi connectivity index (χ4n) is 4.00. The minimum absolute atomic E-state index is 0.361. The molecule has 174 valence electrons. The van der Waals surface area contributed by atoms with Crippen molar-refractivity contribution in [3.63, 3.8) is 0 Å². The first kappa shape index (κ1) is 24.4. The molecule has 0 saturated carbocycles. The molecular weight excluding hydrogens is 446 g/mol. The summed E-state index contributed by atoms with van der Waals surface area (Å²) in [6, 6.07) is 37.2. The van der Waals surface area contributed by atoms with Gasteiger partial charge in [-0.3, -0.25) is 0 Å². The van der Waals surface area contributed by atoms with Crippen molar-refractivity contribution >= 4 is 28.6 Å². The number of benzene rings is 4. The van der Waals surface area contributed by atoms with Crippen LogP contribution in [0, 0.1) is 5.92 Å². The first-order valence-electron chi connectivity index (χ1n) is 12.0. The maximum absolute atomic E-state index is 6.18. The highest BCUT2D eigenvalue weighted by Gasteiger charge is 2.13. The lowest BCUT2D eigenvalue weighted by molar-refractivity contribution is 0.718. The number of halogens is 1. The lowest BCUT2D eigenvalue weighted by Gasteiger charge is -2.17. The third-order valence-corrected chi connectivity index (χ3v) is 6.52. The normalized spacial score (nSPS) is 12.9. The molecule has 0 fully saturated rings. The molecule has 0 N–H and O–H groups in total. The van der Waals surface area contributed by atoms with Crippen molar-refractivity contribution in [2.75, 3.05) is 0 Å². The van der Waals surface area contributed by atoms with Crippen LogP contribution in [0.15, 0.2) is 127 Å². The zero-order valence-electron chi connectivity index (χ0n) is 20.3. The minimum Gasteiger partial charge on any atom is -0.248 e. The standard InChI is InChI=1S/C33H30ClN/c1-4-24(2)32(29-17-15-28(16-18-29)27-13-9-6-10-14-27)23-33(30-19-21-31(34)22-20-30)35-25(3)26-11-7-5-8-12-26/h5-24H,3-4H2,1-2H3/b32-23+,35-33+. The zero-order valence-corrected chi connectivity index (χ0v) is 21.0. The third-order valence-electron chi connectivity index (χ3n) is 6.26. The molecule has 1 nitrogen and oxygen atoms in total. The summed E-state index contributed by atoms with van der Waals surface area (Å²) in [6.07, 6.45) is 3.24. The Morgan fingerprint density at radius 3 is 1.89 bits per heavy atom. The van der Waals surface area contributed by atoms with Gasteiger partial charge in [-0.25, -0.2) is 4.99 Å². The van der Waals surface area contributed by atoms with Crippen LogP contribution in [-0.2, 0) is 0 Å². The number of aliphatic imine (C=N–C) groups is 1. The van der Waals surface area contributed by atoms with E-state index in [1.165, 1.54) is 22.3 Å². The largest absolute Gasteiger partial charge is 0.248 e. The van der Waals surface area contributed by atoms with Crippen LogP contribution >= 0.6 is 11.6 Å². The van der Waals surface area contributed by atoms with Crippen LogP contribution in [0.1, 0.15) is 37.0 Å². The Morgan fingerprint density at radius 2 is 1.29 bits per heavy atom. The summed E-state index contributed by atoms with van der Waals surface area (Å²) in [7, 11) is 0. The number of rotatable bonds is 8. The van der Waals surface area contributed by atoms with E-state index < -0.39 is 0 Å². The summed E-state index contributed by atoms with van der Waals surface area (Å²) in [5.74, 6) is 0.361. The van der Waals surface area contributed by atoms with Crippen molar-refractivity contribution in [3.8, 4) is 11.1 Å². The second-order valence-electron chi connectivity index (χ2n) is 8.67. The van der Waals surface area contributed by atoms with Gasteiger partial charge >= 0.3 is 0 Å². The molecule has 2 heteroatoms. The topological polar surface area (TPSA) is 12.4 Å². The van der Waals surface area contributed by atoms with E-state index in [1.54, 1.807) is 0 Å². The Morgan fingerprint density at radius 1 is 0.743 bits per heavy atom. The molecule has 4 rings (SSSR count). The lowest BCUT2D eigenvalue weighted by Crippen LogP contribution is -2.04. The summed E-state index contributed by atoms with van der Waals surface area (Å²) in [5, 5.41) is 0.706. The van der Waals surface area contributed by atoms with Gasteiger partial charge in [-0.2, -0.15) is 0 Å². The van der Waals surface area contributed by atoms with Crippen molar-refractivity contribution in [2.45, 2.75) is 20.3 Å². The molecule has 0 spiro atoms. The molecule has 1 unspecified atom stereocenters. The van der Waals surface area contributed by atoms with Crippen LogP contribution in [0.5, 0.6) is 0 Å². The number of hydrogen-bond acceptors (Lipinski definition) is 1. The van der Waals surface area contributed by atoms with Crippen LogP contribution < -0.4 is 0 Å². The average molecular weight is 476 g/mol. The van der Waals surface area contributed by atoms with Crippen molar-refractivity contribution in [1.82, 2.24) is 0 Å². The highest BCUT2D eigenvalue weighted by Crippen LogP contribution is 2.30. The fraction of sp³-hybridized carbons (Fsp3) is 0.121. The van der Waals surface area contributed by atoms with Crippen molar-refractivity contribution in [1.29, 1.82) is 0 Å². The van der Waals surface area contributed by atoms with E-state index in [4.69, 9.17) is 16.6 Å². The Kier molecular flexibility index (Phi) is 8.13. The molecule has 35 heavy (non-hydrogen) atoms. The second-order valence-corrected chi connectivity index (χ2v) is 9.11. The van der Waals surface area contributed by atoms with Gasteiger partial charge in [0.2, 0.25) is 0 Å². The van der Waals surface area contributed by atoms with Crippen LogP contribution in [-0.4, -0.2) is 5.71 Å². The van der Waals surface area contributed by atoms with Crippen LogP contribution in [0.4, 0.5) is 0 Å². The molecule has 4 aromatic rings. The third kappa shape index (κ3) is 6.26. The summed E-state index contributed by atoms with van der Waals surface area (Å²) in [6.45, 7) is 8.74. The minimum atomic E-state index is 0.361. The molecule has 0 aromatic heterocycles. The maximum Gasteiger partial charge on any atom is 0.0712 e. The van der Waals surface area contributed by atoms with Crippen molar-refractivity contribution in [2.24, 2.45) is 10.9 Å². The zero-order chi connectivity index (χ0) is 24.6. The smallest absolute Gasteiger partial charge is 0.0712 e. The van der Waals surface area contributed by atoms with Gasteiger partial charge in [-0.05, 0) is 58.4 Å². The second kappa shape index (κ2) is 11.6. The van der Waals surface area contributed by atoms with E-state index in [-0.39, 0.29) is 0 Å². The SMILES string of the molecule is C=C(/N=C(\C=C(\c1ccc(-c2ccccc2)cc1)C(C)CC)c1ccc(Cl)cc1)c1ccccc1. The first-order valence-corrected chi connectivity index (χ1v) is 12.4. The van der Waals surface area contributed by atoms with Crippen LogP contribution in [0.2, 0.25) is 5.02 Å². The number of hydrogen-bond donors (Lipinski definition) is 0. The Balaban J connectivity index is 1.78. The molecule has 0 aliphatic heterocycles. The number of allylic oxidation sites excluding steroid dienone is 2. The Bertz CT molecular complexity index is 1320. The molecule has 0 aliphatic rings. The predicted molar refractivity (Wildman–Crippen MR) is 153 cm³/mol. The van der Waals surface area contributed by atoms with Gasteiger partial charge in [-0.1, -0.05) is 129 Å². The molecular formula is C33H30ClN. The summed E-state index contributed by atoms with van der Waals surface area (Å²) < 4.78 is 0.